The van der Waals surface area contributed by atoms with Gasteiger partial charge in [0.1, 0.15) is 6.61 Å². The van der Waals surface area contributed by atoms with E-state index in [4.69, 9.17) is 20.9 Å². The third-order valence-corrected chi connectivity index (χ3v) is 4.81. The van der Waals surface area contributed by atoms with Gasteiger partial charge in [0, 0.05) is 24.6 Å². The van der Waals surface area contributed by atoms with E-state index in [2.05, 4.69) is 20.5 Å². The molecule has 2 amide bonds. The molecule has 0 atom stereocenters. The second-order valence-corrected chi connectivity index (χ2v) is 7.66. The lowest BCUT2D eigenvalue weighted by Gasteiger charge is -2.13. The number of Topliss-reactive ketones (excluding diaryl/α,β-unsaturated/α-hetero) is 1. The van der Waals surface area contributed by atoms with Gasteiger partial charge in [0.15, 0.2) is 28.9 Å². The number of benzene rings is 2. The molecule has 2 aromatic carbocycles. The number of ether oxygens (including phenoxy) is 2. The van der Waals surface area contributed by atoms with Crippen LogP contribution in [0.1, 0.15) is 17.4 Å². The van der Waals surface area contributed by atoms with Crippen LogP contribution in [0.5, 0.6) is 11.5 Å². The van der Waals surface area contributed by atoms with Crippen LogP contribution in [-0.4, -0.2) is 48.4 Å². The number of nitrogens with zero attached hydrogens (tertiary/aromatic N) is 1. The highest BCUT2D eigenvalue weighted by Gasteiger charge is 2.24. The van der Waals surface area contributed by atoms with Gasteiger partial charge in [0.2, 0.25) is 23.2 Å². The van der Waals surface area contributed by atoms with Crippen molar-refractivity contribution in [2.24, 2.45) is 0 Å². The summed E-state index contributed by atoms with van der Waals surface area (Å²) in [4.78, 5) is 47.2. The minimum atomic E-state index is -1.68. The van der Waals surface area contributed by atoms with E-state index in [1.807, 2.05) is 0 Å². The summed E-state index contributed by atoms with van der Waals surface area (Å²) < 4.78 is 55.7. The summed E-state index contributed by atoms with van der Waals surface area (Å²) in [6.45, 7) is -1.20. The Bertz CT molecular complexity index is 1360. The summed E-state index contributed by atoms with van der Waals surface area (Å²) in [5, 5.41) is 8.45. The highest BCUT2D eigenvalue weighted by Crippen LogP contribution is 2.35. The van der Waals surface area contributed by atoms with Gasteiger partial charge in [-0.25, -0.2) is 8.78 Å². The number of amides is 2. The second kappa shape index (κ2) is 12.0. The van der Waals surface area contributed by atoms with Crippen molar-refractivity contribution in [3.63, 3.8) is 0 Å². The van der Waals surface area contributed by atoms with E-state index in [0.29, 0.717) is 10.6 Å². The number of aromatic nitrogens is 1. The maximum absolute atomic E-state index is 14.0. The van der Waals surface area contributed by atoms with Crippen molar-refractivity contribution in [2.45, 2.75) is 6.92 Å². The average Bonchev–Trinajstić information content (AvgIpc) is 3.34. The first-order valence-corrected chi connectivity index (χ1v) is 10.7. The minimum Gasteiger partial charge on any atom is -0.479 e. The Morgan fingerprint density at radius 3 is 2.43 bits per heavy atom. The number of carbonyl (C=O) groups is 4. The molecule has 2 N–H and O–H groups in total. The summed E-state index contributed by atoms with van der Waals surface area (Å²) in [6.07, 6.45) is 0. The van der Waals surface area contributed by atoms with Gasteiger partial charge in [-0.3, -0.25) is 19.2 Å². The van der Waals surface area contributed by atoms with E-state index in [1.165, 1.54) is 6.07 Å². The summed E-state index contributed by atoms with van der Waals surface area (Å²) in [5.74, 6) is -10.1. The van der Waals surface area contributed by atoms with Gasteiger partial charge in [-0.1, -0.05) is 28.9 Å². The number of halogens is 4. The van der Waals surface area contributed by atoms with Gasteiger partial charge in [-0.15, -0.1) is 0 Å². The Kier molecular flexibility index (Phi) is 8.85. The molecule has 3 rings (SSSR count). The monoisotopic (exact) mass is 539 g/mol. The minimum absolute atomic E-state index is 0.125. The molecule has 0 aliphatic heterocycles. The predicted octanol–water partition coefficient (Wildman–Crippen LogP) is 2.83. The molecular weight excluding hydrogens is 523 g/mol. The maximum Gasteiger partial charge on any atom is 0.308 e. The normalized spacial score (nSPS) is 10.5. The number of nitrogens with one attached hydrogen (secondary N) is 2. The first-order chi connectivity index (χ1) is 17.6. The first-order valence-electron chi connectivity index (χ1n) is 10.3. The molecule has 37 heavy (non-hydrogen) atoms. The topological polar surface area (TPSA) is 137 Å². The fraction of sp³-hybridized carbons (Fsp3) is 0.174. The van der Waals surface area contributed by atoms with Gasteiger partial charge in [-0.05, 0) is 12.1 Å². The molecule has 0 aliphatic carbocycles. The van der Waals surface area contributed by atoms with E-state index in [1.54, 1.807) is 24.3 Å². The Morgan fingerprint density at radius 1 is 1.00 bits per heavy atom. The summed E-state index contributed by atoms with van der Waals surface area (Å²) in [6, 6.07) is 8.19. The number of hydrogen-bond acceptors (Lipinski definition) is 8. The van der Waals surface area contributed by atoms with Gasteiger partial charge in [0.25, 0.3) is 5.91 Å². The average molecular weight is 540 g/mol. The molecular formula is C23H17ClF3N3O7. The Hall–Kier alpha value is -4.39. The summed E-state index contributed by atoms with van der Waals surface area (Å²) in [5.41, 5.74) is 0.384. The lowest BCUT2D eigenvalue weighted by atomic mass is 10.1. The Labute approximate surface area is 211 Å². The molecule has 0 unspecified atom stereocenters. The first kappa shape index (κ1) is 27.2. The van der Waals surface area contributed by atoms with Crippen LogP contribution in [0.3, 0.4) is 0 Å². The predicted molar refractivity (Wildman–Crippen MR) is 120 cm³/mol. The van der Waals surface area contributed by atoms with Crippen LogP contribution >= 0.6 is 11.6 Å². The van der Waals surface area contributed by atoms with Crippen molar-refractivity contribution in [2.75, 3.05) is 19.7 Å². The van der Waals surface area contributed by atoms with E-state index in [-0.39, 0.29) is 17.5 Å². The lowest BCUT2D eigenvalue weighted by Crippen LogP contribution is -2.40. The van der Waals surface area contributed by atoms with Crippen LogP contribution in [0.25, 0.3) is 11.3 Å². The molecule has 1 heterocycles. The molecule has 0 saturated heterocycles. The van der Waals surface area contributed by atoms with Crippen molar-refractivity contribution in [3.8, 4) is 22.8 Å². The van der Waals surface area contributed by atoms with Crippen LogP contribution in [0.2, 0.25) is 5.02 Å². The third-order valence-electron chi connectivity index (χ3n) is 4.48. The molecule has 1 aromatic heterocycles. The number of carbonyl (C=O) groups excluding carboxylic acids is 4. The van der Waals surface area contributed by atoms with Gasteiger partial charge in [0.05, 0.1) is 18.1 Å². The van der Waals surface area contributed by atoms with Crippen LogP contribution in [0, 0.1) is 17.5 Å². The fourth-order valence-electron chi connectivity index (χ4n) is 2.81. The molecule has 0 fully saturated rings. The fourth-order valence-corrected chi connectivity index (χ4v) is 3.04. The SMILES string of the molecule is CC(=O)Oc1c(F)cc(F)c(F)c1OCC(=O)CNC(=O)CNC(=O)c1cc(-c2ccccc2Cl)on1. The van der Waals surface area contributed by atoms with Crippen LogP contribution in [0.15, 0.2) is 40.9 Å². The summed E-state index contributed by atoms with van der Waals surface area (Å²) in [7, 11) is 0. The van der Waals surface area contributed by atoms with E-state index >= 15 is 0 Å². The van der Waals surface area contributed by atoms with Crippen molar-refractivity contribution in [1.29, 1.82) is 0 Å². The third kappa shape index (κ3) is 7.07. The molecule has 10 nitrogen and oxygen atoms in total. The second-order valence-electron chi connectivity index (χ2n) is 7.25. The molecule has 0 saturated carbocycles. The molecule has 0 spiro atoms. The Balaban J connectivity index is 1.48. The maximum atomic E-state index is 14.0. The Morgan fingerprint density at radius 2 is 1.73 bits per heavy atom. The smallest absolute Gasteiger partial charge is 0.308 e. The van der Waals surface area contributed by atoms with E-state index in [0.717, 1.165) is 6.92 Å². The molecule has 0 aliphatic rings. The van der Waals surface area contributed by atoms with Gasteiger partial charge < -0.3 is 24.6 Å². The molecule has 0 radical (unpaired) electrons. The highest BCUT2D eigenvalue weighted by atomic mass is 35.5. The zero-order chi connectivity index (χ0) is 27.1. The molecule has 194 valence electrons. The molecule has 3 aromatic rings. The van der Waals surface area contributed by atoms with Crippen LogP contribution < -0.4 is 20.1 Å². The molecule has 14 heteroatoms. The van der Waals surface area contributed by atoms with E-state index in [9.17, 15) is 32.3 Å². The summed E-state index contributed by atoms with van der Waals surface area (Å²) >= 11 is 6.07. The number of hydrogen-bond donors (Lipinski definition) is 2. The number of ketones is 1. The molecule has 0 bridgehead atoms. The number of rotatable bonds is 10. The van der Waals surface area contributed by atoms with Crippen LogP contribution in [0.4, 0.5) is 13.2 Å². The quantitative estimate of drug-likeness (QED) is 0.228. The van der Waals surface area contributed by atoms with Crippen molar-refractivity contribution < 1.29 is 46.3 Å². The standard InChI is InChI=1S/C23H17ClF3N3O7/c1-11(31)36-21-16(26)6-15(25)20(27)22(21)35-10-12(32)8-28-19(33)9-29-23(34)17-7-18(37-30-17)13-4-2-3-5-14(13)24/h2-7H,8-10H2,1H3,(H,28,33)(H,29,34). The zero-order valence-electron chi connectivity index (χ0n) is 18.9. The van der Waals surface area contributed by atoms with Crippen molar-refractivity contribution >= 4 is 35.2 Å². The van der Waals surface area contributed by atoms with Crippen molar-refractivity contribution in [3.05, 3.63) is 64.6 Å². The zero-order valence-corrected chi connectivity index (χ0v) is 19.7. The van der Waals surface area contributed by atoms with Crippen LogP contribution in [-0.2, 0) is 14.4 Å². The van der Waals surface area contributed by atoms with Gasteiger partial charge in [-0.2, -0.15) is 4.39 Å². The van der Waals surface area contributed by atoms with Crippen molar-refractivity contribution in [1.82, 2.24) is 15.8 Å². The van der Waals surface area contributed by atoms with E-state index < -0.39 is 72.2 Å². The largest absolute Gasteiger partial charge is 0.479 e. The lowest BCUT2D eigenvalue weighted by molar-refractivity contribution is -0.132. The number of esters is 1. The van der Waals surface area contributed by atoms with Gasteiger partial charge >= 0.3 is 5.97 Å². The highest BCUT2D eigenvalue weighted by molar-refractivity contribution is 6.33.